The van der Waals surface area contributed by atoms with E-state index in [1.807, 2.05) is 24.3 Å². The predicted molar refractivity (Wildman–Crippen MR) is 60.3 cm³/mol. The van der Waals surface area contributed by atoms with Gasteiger partial charge in [-0.15, -0.1) is 0 Å². The summed E-state index contributed by atoms with van der Waals surface area (Å²) < 4.78 is 0. The van der Waals surface area contributed by atoms with E-state index < -0.39 is 0 Å². The number of nitrogens with two attached hydrogens (primary N) is 1. The van der Waals surface area contributed by atoms with Crippen LogP contribution in [-0.4, -0.2) is 17.8 Å². The van der Waals surface area contributed by atoms with Crippen LogP contribution in [0, 0.1) is 0 Å². The fourth-order valence-electron chi connectivity index (χ4n) is 1.35. The maximum atomic E-state index is 8.83. The molecular formula is C11H18N2O. The summed E-state index contributed by atoms with van der Waals surface area (Å²) in [6.07, 6.45) is 1.78. The molecule has 1 aromatic carbocycles. The summed E-state index contributed by atoms with van der Waals surface area (Å²) in [4.78, 5) is 0. The highest BCUT2D eigenvalue weighted by molar-refractivity contribution is 5.51. The molecule has 0 amide bonds. The number of hydrogen-bond donors (Lipinski definition) is 3. The van der Waals surface area contributed by atoms with Gasteiger partial charge in [0, 0.05) is 24.0 Å². The van der Waals surface area contributed by atoms with Gasteiger partial charge >= 0.3 is 0 Å². The van der Waals surface area contributed by atoms with Gasteiger partial charge in [-0.25, -0.2) is 0 Å². The first-order valence-corrected chi connectivity index (χ1v) is 4.99. The van der Waals surface area contributed by atoms with Crippen molar-refractivity contribution in [1.82, 2.24) is 0 Å². The summed E-state index contributed by atoms with van der Waals surface area (Å²) in [6.45, 7) is 2.32. The third kappa shape index (κ3) is 3.26. The molecule has 4 N–H and O–H groups in total. The van der Waals surface area contributed by atoms with Crippen LogP contribution in [0.25, 0.3) is 0 Å². The maximum absolute atomic E-state index is 8.83. The van der Waals surface area contributed by atoms with E-state index in [0.29, 0.717) is 6.04 Å². The Hall–Kier alpha value is -1.22. The van der Waals surface area contributed by atoms with Gasteiger partial charge in [-0.2, -0.15) is 0 Å². The van der Waals surface area contributed by atoms with Gasteiger partial charge in [0.2, 0.25) is 0 Å². The van der Waals surface area contributed by atoms with Crippen LogP contribution in [0.1, 0.15) is 19.8 Å². The van der Waals surface area contributed by atoms with Crippen LogP contribution in [-0.2, 0) is 0 Å². The van der Waals surface area contributed by atoms with Gasteiger partial charge in [-0.1, -0.05) is 6.92 Å². The molecule has 0 aliphatic carbocycles. The smallest absolute Gasteiger partial charge is 0.0450 e. The number of hydrogen-bond acceptors (Lipinski definition) is 3. The third-order valence-electron chi connectivity index (χ3n) is 2.25. The van der Waals surface area contributed by atoms with E-state index in [1.165, 1.54) is 0 Å². The van der Waals surface area contributed by atoms with Crippen LogP contribution in [0.15, 0.2) is 24.3 Å². The molecule has 0 spiro atoms. The highest BCUT2D eigenvalue weighted by Crippen LogP contribution is 2.13. The van der Waals surface area contributed by atoms with E-state index in [-0.39, 0.29) is 6.61 Å². The fourth-order valence-corrected chi connectivity index (χ4v) is 1.35. The lowest BCUT2D eigenvalue weighted by Gasteiger charge is -2.17. The molecule has 0 radical (unpaired) electrons. The van der Waals surface area contributed by atoms with Crippen LogP contribution >= 0.6 is 0 Å². The average molecular weight is 194 g/mol. The number of aliphatic hydroxyl groups excluding tert-OH is 1. The highest BCUT2D eigenvalue weighted by Gasteiger charge is 2.04. The molecule has 3 nitrogen and oxygen atoms in total. The first-order chi connectivity index (χ1) is 6.76. The van der Waals surface area contributed by atoms with Crippen LogP contribution in [0.4, 0.5) is 11.4 Å². The van der Waals surface area contributed by atoms with Crippen LogP contribution in [0.2, 0.25) is 0 Å². The monoisotopic (exact) mass is 194 g/mol. The lowest BCUT2D eigenvalue weighted by Crippen LogP contribution is -2.19. The molecule has 0 aromatic heterocycles. The number of aliphatic hydroxyl groups is 1. The molecular weight excluding hydrogens is 176 g/mol. The van der Waals surface area contributed by atoms with Crippen molar-refractivity contribution in [2.24, 2.45) is 0 Å². The molecule has 1 aromatic rings. The van der Waals surface area contributed by atoms with Crippen molar-refractivity contribution >= 4 is 11.4 Å². The van der Waals surface area contributed by atoms with Gasteiger partial charge in [0.15, 0.2) is 0 Å². The molecule has 0 saturated heterocycles. The third-order valence-corrected chi connectivity index (χ3v) is 2.25. The van der Waals surface area contributed by atoms with Crippen molar-refractivity contribution in [1.29, 1.82) is 0 Å². The molecule has 0 aliphatic heterocycles. The van der Waals surface area contributed by atoms with E-state index in [1.54, 1.807) is 0 Å². The van der Waals surface area contributed by atoms with Gasteiger partial charge in [0.05, 0.1) is 0 Å². The Morgan fingerprint density at radius 1 is 1.36 bits per heavy atom. The first kappa shape index (κ1) is 10.9. The topological polar surface area (TPSA) is 58.3 Å². The molecule has 3 heteroatoms. The summed E-state index contributed by atoms with van der Waals surface area (Å²) in [5, 5.41) is 12.2. The Balaban J connectivity index is 2.53. The second-order valence-corrected chi connectivity index (χ2v) is 3.38. The quantitative estimate of drug-likeness (QED) is 0.627. The molecule has 0 bridgehead atoms. The van der Waals surface area contributed by atoms with Crippen LogP contribution < -0.4 is 11.1 Å². The SMILES string of the molecule is CCC(CCO)Nc1ccc(N)cc1. The molecule has 0 fully saturated rings. The summed E-state index contributed by atoms with van der Waals surface area (Å²) in [5.74, 6) is 0. The highest BCUT2D eigenvalue weighted by atomic mass is 16.3. The van der Waals surface area contributed by atoms with Crippen molar-refractivity contribution in [3.8, 4) is 0 Å². The van der Waals surface area contributed by atoms with Gasteiger partial charge in [-0.3, -0.25) is 0 Å². The van der Waals surface area contributed by atoms with E-state index in [0.717, 1.165) is 24.2 Å². The zero-order valence-electron chi connectivity index (χ0n) is 8.53. The standard InChI is InChI=1S/C11H18N2O/c1-2-10(7-8-14)13-11-5-3-9(12)4-6-11/h3-6,10,13-14H,2,7-8,12H2,1H3. The normalized spacial score (nSPS) is 12.4. The van der Waals surface area contributed by atoms with Gasteiger partial charge in [-0.05, 0) is 37.1 Å². The zero-order valence-corrected chi connectivity index (χ0v) is 8.53. The summed E-state index contributed by atoms with van der Waals surface area (Å²) in [5.41, 5.74) is 7.41. The maximum Gasteiger partial charge on any atom is 0.0450 e. The van der Waals surface area contributed by atoms with E-state index >= 15 is 0 Å². The van der Waals surface area contributed by atoms with E-state index in [4.69, 9.17) is 10.8 Å². The molecule has 1 rings (SSSR count). The van der Waals surface area contributed by atoms with Gasteiger partial charge < -0.3 is 16.2 Å². The Morgan fingerprint density at radius 3 is 2.50 bits per heavy atom. The summed E-state index contributed by atoms with van der Waals surface area (Å²) in [7, 11) is 0. The molecule has 1 unspecified atom stereocenters. The molecule has 1 atom stereocenters. The van der Waals surface area contributed by atoms with E-state index in [9.17, 15) is 0 Å². The van der Waals surface area contributed by atoms with Gasteiger partial charge in [0.1, 0.15) is 0 Å². The van der Waals surface area contributed by atoms with Crippen molar-refractivity contribution < 1.29 is 5.11 Å². The number of nitrogens with one attached hydrogen (secondary N) is 1. The number of rotatable bonds is 5. The van der Waals surface area contributed by atoms with Crippen molar-refractivity contribution in [3.63, 3.8) is 0 Å². The number of nitrogen functional groups attached to an aromatic ring is 1. The number of benzene rings is 1. The molecule has 0 aliphatic rings. The molecule has 0 heterocycles. The lowest BCUT2D eigenvalue weighted by atomic mass is 10.1. The Labute approximate surface area is 84.9 Å². The van der Waals surface area contributed by atoms with E-state index in [2.05, 4.69) is 12.2 Å². The Kier molecular flexibility index (Phi) is 4.26. The lowest BCUT2D eigenvalue weighted by molar-refractivity contribution is 0.278. The van der Waals surface area contributed by atoms with Gasteiger partial charge in [0.25, 0.3) is 0 Å². The second kappa shape index (κ2) is 5.50. The Morgan fingerprint density at radius 2 is 2.00 bits per heavy atom. The van der Waals surface area contributed by atoms with Crippen molar-refractivity contribution in [3.05, 3.63) is 24.3 Å². The molecule has 14 heavy (non-hydrogen) atoms. The minimum Gasteiger partial charge on any atom is -0.399 e. The molecule has 78 valence electrons. The van der Waals surface area contributed by atoms with Crippen molar-refractivity contribution in [2.45, 2.75) is 25.8 Å². The van der Waals surface area contributed by atoms with Crippen molar-refractivity contribution in [2.75, 3.05) is 17.7 Å². The number of anilines is 2. The summed E-state index contributed by atoms with van der Waals surface area (Å²) >= 11 is 0. The van der Waals surface area contributed by atoms with Crippen LogP contribution in [0.3, 0.4) is 0 Å². The predicted octanol–water partition coefficient (Wildman–Crippen LogP) is 1.84. The Bertz CT molecular complexity index is 258. The zero-order chi connectivity index (χ0) is 10.4. The minimum absolute atomic E-state index is 0.223. The first-order valence-electron chi connectivity index (χ1n) is 4.99. The summed E-state index contributed by atoms with van der Waals surface area (Å²) in [6, 6.07) is 7.98. The van der Waals surface area contributed by atoms with Crippen LogP contribution in [0.5, 0.6) is 0 Å². The fraction of sp³-hybridized carbons (Fsp3) is 0.455. The second-order valence-electron chi connectivity index (χ2n) is 3.38. The molecule has 0 saturated carbocycles. The largest absolute Gasteiger partial charge is 0.399 e. The average Bonchev–Trinajstić information content (AvgIpc) is 2.20. The minimum atomic E-state index is 0.223.